The van der Waals surface area contributed by atoms with Gasteiger partial charge in [-0.15, -0.1) is 0 Å². The van der Waals surface area contributed by atoms with Crippen LogP contribution in [0.5, 0.6) is 0 Å². The lowest BCUT2D eigenvalue weighted by atomic mass is 10.00. The predicted molar refractivity (Wildman–Crippen MR) is 91.0 cm³/mol. The number of anilines is 1. The van der Waals surface area contributed by atoms with Crippen LogP contribution in [0.1, 0.15) is 23.1 Å². The monoisotopic (exact) mass is 271 g/mol. The third-order valence-corrected chi connectivity index (χ3v) is 4.29. The number of aryl methyl sites for hydroxylation is 1. The third kappa shape index (κ3) is 2.11. The number of fused-ring (bicyclic) bond motifs is 2. The normalized spacial score (nSPS) is 15.5. The number of nitrogens with two attached hydrogens (primary N) is 1. The maximum atomic E-state index is 5.88. The molecule has 0 unspecified atom stereocenters. The molecule has 1 heteroatoms. The van der Waals surface area contributed by atoms with Crippen LogP contribution >= 0.6 is 0 Å². The summed E-state index contributed by atoms with van der Waals surface area (Å²) < 4.78 is 0. The van der Waals surface area contributed by atoms with E-state index in [1.165, 1.54) is 33.0 Å². The molecule has 4 rings (SSSR count). The van der Waals surface area contributed by atoms with Crippen LogP contribution in [0.25, 0.3) is 22.4 Å². The van der Waals surface area contributed by atoms with Gasteiger partial charge >= 0.3 is 0 Å². The van der Waals surface area contributed by atoms with E-state index < -0.39 is 0 Å². The largest absolute Gasteiger partial charge is 0.399 e. The molecule has 0 aliphatic heterocycles. The molecule has 0 aromatic heterocycles. The summed E-state index contributed by atoms with van der Waals surface area (Å²) in [7, 11) is 0. The van der Waals surface area contributed by atoms with Crippen LogP contribution < -0.4 is 5.73 Å². The van der Waals surface area contributed by atoms with E-state index in [0.717, 1.165) is 18.5 Å². The number of allylic oxidation sites excluding steroid dienone is 1. The fourth-order valence-electron chi connectivity index (χ4n) is 3.25. The van der Waals surface area contributed by atoms with Crippen LogP contribution in [0.2, 0.25) is 0 Å². The van der Waals surface area contributed by atoms with Gasteiger partial charge in [-0.1, -0.05) is 54.6 Å². The zero-order valence-corrected chi connectivity index (χ0v) is 11.8. The number of hydrogen-bond acceptors (Lipinski definition) is 1. The lowest BCUT2D eigenvalue weighted by Crippen LogP contribution is -1.87. The van der Waals surface area contributed by atoms with Crippen molar-refractivity contribution in [3.05, 3.63) is 77.4 Å². The molecule has 3 aromatic rings. The van der Waals surface area contributed by atoms with Crippen molar-refractivity contribution in [3.8, 4) is 0 Å². The summed E-state index contributed by atoms with van der Waals surface area (Å²) in [6.45, 7) is 0. The highest BCUT2D eigenvalue weighted by Crippen LogP contribution is 2.35. The molecule has 0 fully saturated rings. The first-order valence-corrected chi connectivity index (χ1v) is 7.38. The molecule has 0 saturated carbocycles. The van der Waals surface area contributed by atoms with Gasteiger partial charge in [0.25, 0.3) is 0 Å². The second-order valence-corrected chi connectivity index (χ2v) is 5.65. The van der Waals surface area contributed by atoms with E-state index in [0.29, 0.717) is 0 Å². The van der Waals surface area contributed by atoms with E-state index in [2.05, 4.69) is 60.7 Å². The molecule has 0 bridgehead atoms. The van der Waals surface area contributed by atoms with Gasteiger partial charge in [-0.3, -0.25) is 0 Å². The van der Waals surface area contributed by atoms with Crippen molar-refractivity contribution < 1.29 is 0 Å². The average Bonchev–Trinajstić information content (AvgIpc) is 2.90. The summed E-state index contributed by atoms with van der Waals surface area (Å²) in [6.07, 6.45) is 4.53. The van der Waals surface area contributed by atoms with Crippen molar-refractivity contribution in [1.29, 1.82) is 0 Å². The minimum Gasteiger partial charge on any atom is -0.399 e. The zero-order chi connectivity index (χ0) is 14.2. The Labute approximate surface area is 124 Å². The van der Waals surface area contributed by atoms with Gasteiger partial charge < -0.3 is 5.73 Å². The van der Waals surface area contributed by atoms with Crippen molar-refractivity contribution in [2.45, 2.75) is 12.8 Å². The molecule has 0 radical (unpaired) electrons. The molecule has 1 nitrogen and oxygen atoms in total. The first-order chi connectivity index (χ1) is 10.3. The molecule has 0 atom stereocenters. The smallest absolute Gasteiger partial charge is 0.0317 e. The zero-order valence-electron chi connectivity index (χ0n) is 11.8. The van der Waals surface area contributed by atoms with Crippen LogP contribution in [0.15, 0.2) is 60.7 Å². The molecular weight excluding hydrogens is 254 g/mol. The second-order valence-electron chi connectivity index (χ2n) is 5.65. The van der Waals surface area contributed by atoms with Crippen LogP contribution in [-0.2, 0) is 6.42 Å². The molecule has 1 aliphatic carbocycles. The topological polar surface area (TPSA) is 26.0 Å². The van der Waals surface area contributed by atoms with Gasteiger partial charge in [0.1, 0.15) is 0 Å². The summed E-state index contributed by atoms with van der Waals surface area (Å²) in [5, 5.41) is 2.61. The van der Waals surface area contributed by atoms with E-state index in [1.54, 1.807) is 0 Å². The summed E-state index contributed by atoms with van der Waals surface area (Å²) >= 11 is 0. The molecular formula is C20H17N. The molecule has 21 heavy (non-hydrogen) atoms. The molecule has 3 aromatic carbocycles. The fourth-order valence-corrected chi connectivity index (χ4v) is 3.25. The van der Waals surface area contributed by atoms with Crippen molar-refractivity contribution in [1.82, 2.24) is 0 Å². The Hall–Kier alpha value is -2.54. The summed E-state index contributed by atoms with van der Waals surface area (Å²) in [5.74, 6) is 0. The Morgan fingerprint density at radius 3 is 2.67 bits per heavy atom. The average molecular weight is 271 g/mol. The van der Waals surface area contributed by atoms with Gasteiger partial charge in [-0.25, -0.2) is 0 Å². The molecule has 0 spiro atoms. The van der Waals surface area contributed by atoms with Crippen molar-refractivity contribution in [2.75, 3.05) is 5.73 Å². The van der Waals surface area contributed by atoms with E-state index >= 15 is 0 Å². The second kappa shape index (κ2) is 4.78. The summed E-state index contributed by atoms with van der Waals surface area (Å²) in [4.78, 5) is 0. The Balaban J connectivity index is 1.86. The van der Waals surface area contributed by atoms with Crippen LogP contribution in [-0.4, -0.2) is 0 Å². The van der Waals surface area contributed by atoms with Crippen molar-refractivity contribution in [3.63, 3.8) is 0 Å². The van der Waals surface area contributed by atoms with Crippen LogP contribution in [0, 0.1) is 0 Å². The third-order valence-electron chi connectivity index (χ3n) is 4.29. The Kier molecular flexibility index (Phi) is 2.78. The van der Waals surface area contributed by atoms with Gasteiger partial charge in [0, 0.05) is 5.69 Å². The van der Waals surface area contributed by atoms with Crippen LogP contribution in [0.3, 0.4) is 0 Å². The summed E-state index contributed by atoms with van der Waals surface area (Å²) in [5.41, 5.74) is 12.2. The fraction of sp³-hybridized carbons (Fsp3) is 0.100. The Bertz CT molecular complexity index is 853. The Morgan fingerprint density at radius 2 is 1.71 bits per heavy atom. The van der Waals surface area contributed by atoms with Gasteiger partial charge in [-0.05, 0) is 58.0 Å². The Morgan fingerprint density at radius 1 is 0.857 bits per heavy atom. The van der Waals surface area contributed by atoms with Crippen molar-refractivity contribution in [2.24, 2.45) is 0 Å². The van der Waals surface area contributed by atoms with Crippen LogP contribution in [0.4, 0.5) is 5.69 Å². The number of rotatable bonds is 1. The lowest BCUT2D eigenvalue weighted by Gasteiger charge is -2.05. The number of nitrogen functional groups attached to an aromatic ring is 1. The van der Waals surface area contributed by atoms with E-state index in [-0.39, 0.29) is 0 Å². The molecule has 0 saturated heterocycles. The number of benzene rings is 3. The standard InChI is InChI=1S/C20H17N/c21-18-10-11-20-16(8-9-17(20)13-18)12-15-6-3-5-14-4-1-2-7-19(14)15/h1-7,10-13H,8-9,21H2. The predicted octanol–water partition coefficient (Wildman–Crippen LogP) is 4.91. The summed E-state index contributed by atoms with van der Waals surface area (Å²) in [6, 6.07) is 21.3. The van der Waals surface area contributed by atoms with Gasteiger partial charge in [0.2, 0.25) is 0 Å². The molecule has 0 amide bonds. The maximum Gasteiger partial charge on any atom is 0.0317 e. The molecule has 0 heterocycles. The number of hydrogen-bond donors (Lipinski definition) is 1. The minimum absolute atomic E-state index is 0.861. The SMILES string of the molecule is Nc1ccc2c(c1)CCC2=Cc1cccc2ccccc12. The minimum atomic E-state index is 0.861. The van der Waals surface area contributed by atoms with E-state index in [4.69, 9.17) is 5.73 Å². The van der Waals surface area contributed by atoms with Gasteiger partial charge in [-0.2, -0.15) is 0 Å². The quantitative estimate of drug-likeness (QED) is 0.625. The van der Waals surface area contributed by atoms with Gasteiger partial charge in [0.15, 0.2) is 0 Å². The maximum absolute atomic E-state index is 5.88. The molecule has 102 valence electrons. The molecule has 1 aliphatic rings. The molecule has 2 N–H and O–H groups in total. The highest BCUT2D eigenvalue weighted by atomic mass is 14.5. The van der Waals surface area contributed by atoms with Gasteiger partial charge in [0.05, 0.1) is 0 Å². The first-order valence-electron chi connectivity index (χ1n) is 7.38. The lowest BCUT2D eigenvalue weighted by molar-refractivity contribution is 1.08. The highest BCUT2D eigenvalue weighted by Gasteiger charge is 2.16. The van der Waals surface area contributed by atoms with Crippen molar-refractivity contribution >= 4 is 28.1 Å². The first kappa shape index (κ1) is 12.2. The van der Waals surface area contributed by atoms with E-state index in [9.17, 15) is 0 Å². The van der Waals surface area contributed by atoms with E-state index in [1.807, 2.05) is 6.07 Å². The highest BCUT2D eigenvalue weighted by molar-refractivity contribution is 5.96.